The summed E-state index contributed by atoms with van der Waals surface area (Å²) < 4.78 is 0. The van der Waals surface area contributed by atoms with Gasteiger partial charge in [0.05, 0.1) is 12.1 Å². The normalized spacial score (nSPS) is 13.7. The van der Waals surface area contributed by atoms with Gasteiger partial charge in [0.15, 0.2) is 0 Å². The van der Waals surface area contributed by atoms with Crippen molar-refractivity contribution >= 4 is 28.6 Å². The van der Waals surface area contributed by atoms with Gasteiger partial charge in [-0.2, -0.15) is 0 Å². The molecule has 1 saturated heterocycles. The Labute approximate surface area is 163 Å². The topological polar surface area (TPSA) is 58.1 Å². The van der Waals surface area contributed by atoms with Crippen molar-refractivity contribution in [3.63, 3.8) is 0 Å². The van der Waals surface area contributed by atoms with Gasteiger partial charge in [0, 0.05) is 47.3 Å². The molecule has 3 aromatic rings. The molecule has 0 unspecified atom stereocenters. The molecular weight excluding hydrogens is 356 g/mol. The number of aryl methyl sites for hydroxylation is 1. The summed E-state index contributed by atoms with van der Waals surface area (Å²) in [6.45, 7) is 4.20. The average molecular weight is 379 g/mol. The number of benzene rings is 1. The molecule has 0 bridgehead atoms. The van der Waals surface area contributed by atoms with E-state index in [9.17, 15) is 4.79 Å². The lowest BCUT2D eigenvalue weighted by Gasteiger charge is -2.17. The van der Waals surface area contributed by atoms with Gasteiger partial charge in [-0.15, -0.1) is 11.3 Å². The predicted molar refractivity (Wildman–Crippen MR) is 110 cm³/mol. The predicted octanol–water partition coefficient (Wildman–Crippen LogP) is 4.29. The van der Waals surface area contributed by atoms with Crippen LogP contribution in [0.1, 0.15) is 23.4 Å². The van der Waals surface area contributed by atoms with Gasteiger partial charge in [0.1, 0.15) is 5.01 Å². The summed E-state index contributed by atoms with van der Waals surface area (Å²) in [6.07, 6.45) is 6.36. The molecule has 1 fully saturated rings. The Balaban J connectivity index is 1.40. The number of aromatic nitrogens is 2. The van der Waals surface area contributed by atoms with Crippen LogP contribution >= 0.6 is 11.3 Å². The van der Waals surface area contributed by atoms with E-state index >= 15 is 0 Å². The zero-order chi connectivity index (χ0) is 18.6. The maximum atomic E-state index is 12.5. The summed E-state index contributed by atoms with van der Waals surface area (Å²) in [7, 11) is 0. The van der Waals surface area contributed by atoms with E-state index in [1.165, 1.54) is 18.5 Å². The molecule has 0 aliphatic carbocycles. The molecule has 6 heteroatoms. The van der Waals surface area contributed by atoms with Crippen molar-refractivity contribution < 1.29 is 4.79 Å². The summed E-state index contributed by atoms with van der Waals surface area (Å²) in [5.74, 6) is -0.0167. The number of nitrogens with zero attached hydrogens (tertiary/aromatic N) is 3. The molecule has 27 heavy (non-hydrogen) atoms. The molecule has 1 aromatic carbocycles. The molecule has 0 atom stereocenters. The van der Waals surface area contributed by atoms with E-state index in [0.29, 0.717) is 6.42 Å². The zero-order valence-electron chi connectivity index (χ0n) is 15.3. The fourth-order valence-corrected chi connectivity index (χ4v) is 4.36. The van der Waals surface area contributed by atoms with E-state index in [-0.39, 0.29) is 5.91 Å². The molecule has 2 aromatic heterocycles. The minimum Gasteiger partial charge on any atom is -0.372 e. The van der Waals surface area contributed by atoms with E-state index in [2.05, 4.69) is 32.3 Å². The summed E-state index contributed by atoms with van der Waals surface area (Å²) in [5.41, 5.74) is 4.00. The number of anilines is 2. The van der Waals surface area contributed by atoms with Crippen molar-refractivity contribution in [3.8, 4) is 10.6 Å². The second kappa shape index (κ2) is 7.88. The Kier molecular flexibility index (Phi) is 5.16. The fraction of sp³-hybridized carbons (Fsp3) is 0.286. The van der Waals surface area contributed by atoms with E-state index in [0.717, 1.165) is 39.9 Å². The van der Waals surface area contributed by atoms with E-state index in [1.807, 2.05) is 31.2 Å². The van der Waals surface area contributed by atoms with Gasteiger partial charge in [-0.25, -0.2) is 4.98 Å². The highest BCUT2D eigenvalue weighted by Crippen LogP contribution is 2.28. The maximum absolute atomic E-state index is 12.5. The lowest BCUT2D eigenvalue weighted by atomic mass is 10.2. The first-order valence-electron chi connectivity index (χ1n) is 9.20. The number of nitrogens with one attached hydrogen (secondary N) is 1. The van der Waals surface area contributed by atoms with Crippen LogP contribution in [0.25, 0.3) is 10.6 Å². The second-order valence-corrected chi connectivity index (χ2v) is 7.81. The summed E-state index contributed by atoms with van der Waals surface area (Å²) >= 11 is 1.56. The standard InChI is InChI=1S/C21H22N4OS/c1-15-19(27-21(23-15)16-8-10-22-11-9-16)14-20(26)24-17-4-6-18(7-5-17)25-12-2-3-13-25/h4-11H,2-3,12-14H2,1H3,(H,24,26). The first-order chi connectivity index (χ1) is 13.2. The zero-order valence-corrected chi connectivity index (χ0v) is 16.1. The van der Waals surface area contributed by atoms with Crippen molar-refractivity contribution in [1.82, 2.24) is 9.97 Å². The number of thiazole rings is 1. The lowest BCUT2D eigenvalue weighted by Crippen LogP contribution is -2.18. The highest BCUT2D eigenvalue weighted by atomic mass is 32.1. The molecule has 1 aliphatic heterocycles. The van der Waals surface area contributed by atoms with Gasteiger partial charge in [0.2, 0.25) is 5.91 Å². The number of carbonyl (C=O) groups excluding carboxylic acids is 1. The van der Waals surface area contributed by atoms with Gasteiger partial charge < -0.3 is 10.2 Å². The minimum absolute atomic E-state index is 0.0167. The largest absolute Gasteiger partial charge is 0.372 e. The molecule has 1 amide bonds. The number of hydrogen-bond acceptors (Lipinski definition) is 5. The Bertz CT molecular complexity index is 915. The number of pyridine rings is 1. The maximum Gasteiger partial charge on any atom is 0.229 e. The first-order valence-corrected chi connectivity index (χ1v) is 10.0. The van der Waals surface area contributed by atoms with Gasteiger partial charge >= 0.3 is 0 Å². The van der Waals surface area contributed by atoms with Crippen molar-refractivity contribution in [2.75, 3.05) is 23.3 Å². The molecule has 5 nitrogen and oxygen atoms in total. The number of rotatable bonds is 5. The second-order valence-electron chi connectivity index (χ2n) is 6.73. The Morgan fingerprint density at radius 3 is 2.52 bits per heavy atom. The van der Waals surface area contributed by atoms with Gasteiger partial charge in [-0.1, -0.05) is 0 Å². The third kappa shape index (κ3) is 4.17. The number of amides is 1. The van der Waals surface area contributed by atoms with Crippen LogP contribution in [0.2, 0.25) is 0 Å². The summed E-state index contributed by atoms with van der Waals surface area (Å²) in [5, 5.41) is 3.92. The molecular formula is C21H22N4OS. The molecule has 1 aliphatic rings. The van der Waals surface area contributed by atoms with Crippen LogP contribution in [-0.2, 0) is 11.2 Å². The molecule has 3 heterocycles. The highest BCUT2D eigenvalue weighted by Gasteiger charge is 2.14. The monoisotopic (exact) mass is 378 g/mol. The summed E-state index contributed by atoms with van der Waals surface area (Å²) in [4.78, 5) is 24.5. The first kappa shape index (κ1) is 17.7. The van der Waals surface area contributed by atoms with Crippen molar-refractivity contribution in [2.45, 2.75) is 26.2 Å². The van der Waals surface area contributed by atoms with Crippen LogP contribution < -0.4 is 10.2 Å². The van der Waals surface area contributed by atoms with Crippen LogP contribution in [0.15, 0.2) is 48.8 Å². The fourth-order valence-electron chi connectivity index (χ4n) is 3.29. The molecule has 4 rings (SSSR count). The van der Waals surface area contributed by atoms with Gasteiger partial charge in [0.25, 0.3) is 0 Å². The average Bonchev–Trinajstić information content (AvgIpc) is 3.34. The highest BCUT2D eigenvalue weighted by molar-refractivity contribution is 7.15. The lowest BCUT2D eigenvalue weighted by molar-refractivity contribution is -0.115. The van der Waals surface area contributed by atoms with E-state index in [1.54, 1.807) is 23.7 Å². The Morgan fingerprint density at radius 1 is 1.11 bits per heavy atom. The van der Waals surface area contributed by atoms with Crippen LogP contribution in [0.4, 0.5) is 11.4 Å². The van der Waals surface area contributed by atoms with Crippen LogP contribution in [0.3, 0.4) is 0 Å². The van der Waals surface area contributed by atoms with Crippen LogP contribution in [0.5, 0.6) is 0 Å². The summed E-state index contributed by atoms with van der Waals surface area (Å²) in [6, 6.07) is 12.0. The smallest absolute Gasteiger partial charge is 0.229 e. The number of carbonyl (C=O) groups is 1. The van der Waals surface area contributed by atoms with Crippen molar-refractivity contribution in [1.29, 1.82) is 0 Å². The van der Waals surface area contributed by atoms with Crippen molar-refractivity contribution in [2.24, 2.45) is 0 Å². The Morgan fingerprint density at radius 2 is 1.81 bits per heavy atom. The van der Waals surface area contributed by atoms with Crippen LogP contribution in [0, 0.1) is 6.92 Å². The van der Waals surface area contributed by atoms with Crippen molar-refractivity contribution in [3.05, 3.63) is 59.4 Å². The van der Waals surface area contributed by atoms with Gasteiger partial charge in [-0.05, 0) is 56.2 Å². The quantitative estimate of drug-likeness (QED) is 0.719. The molecule has 138 valence electrons. The number of hydrogen-bond donors (Lipinski definition) is 1. The molecule has 0 saturated carbocycles. The molecule has 1 N–H and O–H groups in total. The van der Waals surface area contributed by atoms with Crippen LogP contribution in [-0.4, -0.2) is 29.0 Å². The third-order valence-corrected chi connectivity index (χ3v) is 5.97. The SMILES string of the molecule is Cc1nc(-c2ccncc2)sc1CC(=O)Nc1ccc(N2CCCC2)cc1. The third-order valence-electron chi connectivity index (χ3n) is 4.76. The molecule has 0 radical (unpaired) electrons. The van der Waals surface area contributed by atoms with E-state index < -0.39 is 0 Å². The van der Waals surface area contributed by atoms with E-state index in [4.69, 9.17) is 0 Å². The molecule has 0 spiro atoms. The Hall–Kier alpha value is -2.73. The van der Waals surface area contributed by atoms with Gasteiger partial charge in [-0.3, -0.25) is 9.78 Å². The minimum atomic E-state index is -0.0167.